The minimum Gasteiger partial charge on any atom is -0.497 e. The Kier molecular flexibility index (Phi) is 6.51. The number of amides is 2. The van der Waals surface area contributed by atoms with Crippen molar-refractivity contribution in [1.82, 2.24) is 0 Å². The molecular formula is C26H26N2O3S. The molecule has 1 N–H and O–H groups in total. The highest BCUT2D eigenvalue weighted by atomic mass is 32.2. The molecule has 1 aliphatic heterocycles. The maximum absolute atomic E-state index is 13.0. The number of thioether (sulfide) groups is 1. The summed E-state index contributed by atoms with van der Waals surface area (Å²) in [5, 5.41) is 2.82. The number of nitrogens with zero attached hydrogens (tertiary/aromatic N) is 1. The van der Waals surface area contributed by atoms with Gasteiger partial charge in [0.05, 0.1) is 12.9 Å². The summed E-state index contributed by atoms with van der Waals surface area (Å²) in [6.45, 7) is 4.26. The summed E-state index contributed by atoms with van der Waals surface area (Å²) >= 11 is 1.58. The van der Waals surface area contributed by atoms with E-state index in [0.717, 1.165) is 16.8 Å². The second-order valence-corrected chi connectivity index (χ2v) is 8.98. The standard InChI is InChI=1S/C26H26N2O3S/c1-17(2)20-11-5-7-14-23(20)28-24(29)16-32-26(28)21-12-4-6-13-22(21)27-25(30)18-9-8-10-19(15-18)31-3/h4-15,17,26H,16H2,1-3H3,(H,27,30). The van der Waals surface area contributed by atoms with E-state index in [1.54, 1.807) is 43.1 Å². The fraction of sp³-hybridized carbons (Fsp3) is 0.231. The minimum absolute atomic E-state index is 0.0713. The number of hydrogen-bond donors (Lipinski definition) is 1. The lowest BCUT2D eigenvalue weighted by Crippen LogP contribution is -2.29. The molecule has 3 aromatic rings. The molecule has 164 valence electrons. The van der Waals surface area contributed by atoms with Gasteiger partial charge in [0.2, 0.25) is 5.91 Å². The first-order chi connectivity index (χ1) is 15.5. The van der Waals surface area contributed by atoms with E-state index in [0.29, 0.717) is 22.8 Å². The van der Waals surface area contributed by atoms with Crippen LogP contribution in [-0.4, -0.2) is 24.7 Å². The predicted molar refractivity (Wildman–Crippen MR) is 131 cm³/mol. The maximum atomic E-state index is 13.0. The molecule has 1 saturated heterocycles. The number of rotatable bonds is 6. The summed E-state index contributed by atoms with van der Waals surface area (Å²) in [5.74, 6) is 1.16. The molecule has 0 aliphatic carbocycles. The Morgan fingerprint density at radius 2 is 1.81 bits per heavy atom. The Morgan fingerprint density at radius 1 is 1.06 bits per heavy atom. The molecule has 0 radical (unpaired) electrons. The van der Waals surface area contributed by atoms with Crippen LogP contribution in [0.1, 0.15) is 46.6 Å². The lowest BCUT2D eigenvalue weighted by Gasteiger charge is -2.29. The van der Waals surface area contributed by atoms with Gasteiger partial charge < -0.3 is 10.1 Å². The van der Waals surface area contributed by atoms with Crippen LogP contribution < -0.4 is 15.0 Å². The molecule has 5 nitrogen and oxygen atoms in total. The van der Waals surface area contributed by atoms with E-state index in [1.807, 2.05) is 47.4 Å². The van der Waals surface area contributed by atoms with Gasteiger partial charge in [0, 0.05) is 22.5 Å². The molecule has 2 amide bonds. The number of para-hydroxylation sites is 2. The van der Waals surface area contributed by atoms with Gasteiger partial charge in [0.25, 0.3) is 5.91 Å². The Labute approximate surface area is 192 Å². The summed E-state index contributed by atoms with van der Waals surface area (Å²) in [7, 11) is 1.57. The molecule has 1 aliphatic rings. The molecule has 4 rings (SSSR count). The molecule has 1 heterocycles. The summed E-state index contributed by atoms with van der Waals surface area (Å²) in [6.07, 6.45) is 0. The van der Waals surface area contributed by atoms with Crippen molar-refractivity contribution >= 4 is 35.0 Å². The number of methoxy groups -OCH3 is 1. The fourth-order valence-electron chi connectivity index (χ4n) is 3.89. The second-order valence-electron chi connectivity index (χ2n) is 7.91. The van der Waals surface area contributed by atoms with E-state index in [4.69, 9.17) is 4.74 Å². The van der Waals surface area contributed by atoms with Gasteiger partial charge in [-0.15, -0.1) is 11.8 Å². The zero-order chi connectivity index (χ0) is 22.7. The average Bonchev–Trinajstić information content (AvgIpc) is 3.20. The zero-order valence-corrected chi connectivity index (χ0v) is 19.2. The van der Waals surface area contributed by atoms with Crippen molar-refractivity contribution in [3.05, 3.63) is 89.5 Å². The van der Waals surface area contributed by atoms with Crippen molar-refractivity contribution in [2.24, 2.45) is 0 Å². The number of nitrogens with one attached hydrogen (secondary N) is 1. The normalized spacial score (nSPS) is 15.8. The van der Waals surface area contributed by atoms with Crippen LogP contribution in [0.4, 0.5) is 11.4 Å². The fourth-order valence-corrected chi connectivity index (χ4v) is 5.10. The topological polar surface area (TPSA) is 58.6 Å². The molecule has 3 aromatic carbocycles. The molecule has 32 heavy (non-hydrogen) atoms. The molecule has 0 spiro atoms. The van der Waals surface area contributed by atoms with Gasteiger partial charge in [0.15, 0.2) is 0 Å². The van der Waals surface area contributed by atoms with E-state index >= 15 is 0 Å². The SMILES string of the molecule is COc1cccc(C(=O)Nc2ccccc2C2SCC(=O)N2c2ccccc2C(C)C)c1. The number of hydrogen-bond acceptors (Lipinski definition) is 4. The molecule has 0 saturated carbocycles. The largest absolute Gasteiger partial charge is 0.497 e. The van der Waals surface area contributed by atoms with E-state index < -0.39 is 0 Å². The summed E-state index contributed by atoms with van der Waals surface area (Å²) in [5.41, 5.74) is 4.16. The molecular weight excluding hydrogens is 420 g/mol. The van der Waals surface area contributed by atoms with Crippen LogP contribution in [0.25, 0.3) is 0 Å². The number of benzene rings is 3. The highest BCUT2D eigenvalue weighted by molar-refractivity contribution is 8.00. The lowest BCUT2D eigenvalue weighted by molar-refractivity contribution is -0.115. The quantitative estimate of drug-likeness (QED) is 0.516. The molecule has 1 unspecified atom stereocenters. The summed E-state index contributed by atoms with van der Waals surface area (Å²) in [4.78, 5) is 27.8. The smallest absolute Gasteiger partial charge is 0.255 e. The van der Waals surface area contributed by atoms with Crippen molar-refractivity contribution in [3.63, 3.8) is 0 Å². The van der Waals surface area contributed by atoms with E-state index in [-0.39, 0.29) is 23.1 Å². The first-order valence-corrected chi connectivity index (χ1v) is 11.6. The summed E-state index contributed by atoms with van der Waals surface area (Å²) in [6, 6.07) is 22.8. The Hall–Kier alpha value is -3.25. The molecule has 0 aromatic heterocycles. The Bertz CT molecular complexity index is 1150. The van der Waals surface area contributed by atoms with Gasteiger partial charge in [-0.3, -0.25) is 14.5 Å². The van der Waals surface area contributed by atoms with Gasteiger partial charge in [-0.05, 0) is 41.8 Å². The highest BCUT2D eigenvalue weighted by Crippen LogP contribution is 2.46. The van der Waals surface area contributed by atoms with Crippen LogP contribution in [0.15, 0.2) is 72.8 Å². The van der Waals surface area contributed by atoms with Crippen molar-refractivity contribution in [3.8, 4) is 5.75 Å². The zero-order valence-electron chi connectivity index (χ0n) is 18.4. The first kappa shape index (κ1) is 22.0. The average molecular weight is 447 g/mol. The third-order valence-electron chi connectivity index (χ3n) is 5.49. The van der Waals surface area contributed by atoms with Crippen molar-refractivity contribution in [1.29, 1.82) is 0 Å². The van der Waals surface area contributed by atoms with Gasteiger partial charge >= 0.3 is 0 Å². The summed E-state index contributed by atoms with van der Waals surface area (Å²) < 4.78 is 5.24. The van der Waals surface area contributed by atoms with Crippen molar-refractivity contribution in [2.45, 2.75) is 25.1 Å². The van der Waals surface area contributed by atoms with Gasteiger partial charge in [0.1, 0.15) is 11.1 Å². The number of carbonyl (C=O) groups excluding carboxylic acids is 2. The Balaban J connectivity index is 1.68. The number of carbonyl (C=O) groups is 2. The molecule has 6 heteroatoms. The van der Waals surface area contributed by atoms with E-state index in [1.165, 1.54) is 0 Å². The molecule has 1 fully saturated rings. The first-order valence-electron chi connectivity index (χ1n) is 10.6. The van der Waals surface area contributed by atoms with E-state index in [9.17, 15) is 9.59 Å². The third-order valence-corrected chi connectivity index (χ3v) is 6.69. The van der Waals surface area contributed by atoms with Crippen LogP contribution in [0, 0.1) is 0 Å². The number of anilines is 2. The molecule has 0 bridgehead atoms. The van der Waals surface area contributed by atoms with Crippen LogP contribution in [-0.2, 0) is 4.79 Å². The third kappa shape index (κ3) is 4.36. The second kappa shape index (κ2) is 9.49. The monoisotopic (exact) mass is 446 g/mol. The Morgan fingerprint density at radius 3 is 2.59 bits per heavy atom. The van der Waals surface area contributed by atoms with Gasteiger partial charge in [-0.2, -0.15) is 0 Å². The maximum Gasteiger partial charge on any atom is 0.255 e. The number of ether oxygens (including phenoxy) is 1. The predicted octanol–water partition coefficient (Wildman–Crippen LogP) is 5.85. The molecule has 1 atom stereocenters. The van der Waals surface area contributed by atoms with Crippen LogP contribution in [0.5, 0.6) is 5.75 Å². The van der Waals surface area contributed by atoms with Crippen molar-refractivity contribution < 1.29 is 14.3 Å². The van der Waals surface area contributed by atoms with E-state index in [2.05, 4.69) is 25.2 Å². The van der Waals surface area contributed by atoms with Gasteiger partial charge in [-0.25, -0.2) is 0 Å². The van der Waals surface area contributed by atoms with Crippen LogP contribution >= 0.6 is 11.8 Å². The highest BCUT2D eigenvalue weighted by Gasteiger charge is 2.36. The van der Waals surface area contributed by atoms with Crippen molar-refractivity contribution in [2.75, 3.05) is 23.1 Å². The van der Waals surface area contributed by atoms with Gasteiger partial charge in [-0.1, -0.05) is 56.3 Å². The minimum atomic E-state index is -0.222. The van der Waals surface area contributed by atoms with Crippen LogP contribution in [0.2, 0.25) is 0 Å². The lowest BCUT2D eigenvalue weighted by atomic mass is 10.00. The van der Waals surface area contributed by atoms with Crippen LogP contribution in [0.3, 0.4) is 0 Å².